The molecule has 1 fully saturated rings. The predicted molar refractivity (Wildman–Crippen MR) is 194 cm³/mol. The number of pyridine rings is 1. The average Bonchev–Trinajstić information content (AvgIpc) is 3.64. The van der Waals surface area contributed by atoms with Gasteiger partial charge < -0.3 is 25.5 Å². The second-order valence-electron chi connectivity index (χ2n) is 11.4. The molecule has 3 N–H and O–H groups in total. The number of halogens is 2. The zero-order valence-electron chi connectivity index (χ0n) is 27.9. The van der Waals surface area contributed by atoms with E-state index in [2.05, 4.69) is 30.9 Å². The van der Waals surface area contributed by atoms with Crippen LogP contribution >= 0.6 is 23.1 Å². The number of alkyl halides is 2. The maximum Gasteiger partial charge on any atom is 0.407 e. The van der Waals surface area contributed by atoms with Gasteiger partial charge in [0.1, 0.15) is 28.5 Å². The van der Waals surface area contributed by atoms with Crippen LogP contribution in [0.4, 0.5) is 19.6 Å². The summed E-state index contributed by atoms with van der Waals surface area (Å²) in [4.78, 5) is 72.6. The number of ether oxygens (including phenoxy) is 1. The molecule has 2 aromatic heterocycles. The van der Waals surface area contributed by atoms with E-state index in [0.29, 0.717) is 41.8 Å². The van der Waals surface area contributed by atoms with Crippen molar-refractivity contribution in [2.75, 3.05) is 16.4 Å². The Kier molecular flexibility index (Phi) is 12.1. The number of fused-ring (bicyclic) bond motifs is 1. The first-order valence-corrected chi connectivity index (χ1v) is 18.0. The van der Waals surface area contributed by atoms with Crippen molar-refractivity contribution >= 4 is 70.2 Å². The van der Waals surface area contributed by atoms with Crippen molar-refractivity contribution in [2.45, 2.75) is 30.7 Å². The molecule has 2 aliphatic rings. The second kappa shape index (κ2) is 17.5. The highest BCUT2D eigenvalue weighted by atomic mass is 32.2. The quantitative estimate of drug-likeness (QED) is 0.0383. The van der Waals surface area contributed by atoms with Gasteiger partial charge in [0.25, 0.3) is 11.8 Å². The molecule has 0 aliphatic carbocycles. The number of esters is 1. The minimum absolute atomic E-state index is 0.0252. The number of hydrogen-bond donors (Lipinski definition) is 3. The minimum atomic E-state index is -3.36. The van der Waals surface area contributed by atoms with E-state index in [1.807, 2.05) is 60.7 Å². The van der Waals surface area contributed by atoms with E-state index in [4.69, 9.17) is 4.74 Å². The van der Waals surface area contributed by atoms with E-state index in [0.717, 1.165) is 11.3 Å². The number of carbonyl (C=O) groups excluding carboxylic acids is 5. The Morgan fingerprint density at radius 2 is 1.72 bits per heavy atom. The highest BCUT2D eigenvalue weighted by Crippen LogP contribution is 2.42. The normalized spacial score (nSPS) is 16.9. The highest BCUT2D eigenvalue weighted by molar-refractivity contribution is 8.00. The number of β-lactam (4-membered cyclic amide) rings is 1. The Hall–Kier alpha value is -6.27. The number of amides is 4. The number of nitrogens with one attached hydrogen (secondary N) is 3. The minimum Gasteiger partial charge on any atom is -0.448 e. The summed E-state index contributed by atoms with van der Waals surface area (Å²) in [5.41, 5.74) is 1.59. The molecule has 4 aromatic rings. The average molecular weight is 775 g/mol. The van der Waals surface area contributed by atoms with Crippen molar-refractivity contribution in [2.24, 2.45) is 5.16 Å². The molecule has 1 saturated heterocycles. The summed E-state index contributed by atoms with van der Waals surface area (Å²) in [6.07, 6.45) is 7.11. The maximum atomic E-state index is 14.3. The molecular formula is C36H30F2N7O7S2+. The van der Waals surface area contributed by atoms with Crippen molar-refractivity contribution in [1.29, 1.82) is 0 Å². The van der Waals surface area contributed by atoms with Crippen molar-refractivity contribution < 1.29 is 46.9 Å². The van der Waals surface area contributed by atoms with E-state index in [-0.39, 0.29) is 22.3 Å². The summed E-state index contributed by atoms with van der Waals surface area (Å²) >= 11 is 2.17. The van der Waals surface area contributed by atoms with E-state index < -0.39 is 47.6 Å². The van der Waals surface area contributed by atoms with Crippen LogP contribution in [-0.4, -0.2) is 70.0 Å². The molecule has 0 spiro atoms. The molecule has 0 bridgehead atoms. The molecule has 6 rings (SSSR count). The summed E-state index contributed by atoms with van der Waals surface area (Å²) in [5.74, 6) is -2.27. The number of benzene rings is 2. The summed E-state index contributed by atoms with van der Waals surface area (Å²) in [6, 6.07) is 20.5. The smallest absolute Gasteiger partial charge is 0.407 e. The lowest BCUT2D eigenvalue weighted by molar-refractivity contribution is -0.686. The summed E-state index contributed by atoms with van der Waals surface area (Å²) in [5, 5.41) is 11.2. The largest absolute Gasteiger partial charge is 0.448 e. The standard InChI is InChI=1S/C36H29F2N7O7S2/c37-35(38)52-43-27(26-19-54-36(41-26)40-21-47)31(48)42-28-32(49)45-29(34(50)51-30(22-9-3-1-4-10-22)23-11-5-2-6-12-23)24(18-53-33(28)45)13-7-15-44-16-8-14-25(17-44)39-20-46/h1-14,16-17,19-21,28,30,33,35H,15,18H2,(H2-,39,40,41,42,46,47,48)/p+1/b13-7+,43-27-/t28-,33+/m1/s1. The first kappa shape index (κ1) is 37.5. The van der Waals surface area contributed by atoms with Crippen molar-refractivity contribution in [3.05, 3.63) is 131 Å². The van der Waals surface area contributed by atoms with E-state index in [1.54, 1.807) is 41.2 Å². The van der Waals surface area contributed by atoms with Crippen LogP contribution < -0.4 is 20.5 Å². The lowest BCUT2D eigenvalue weighted by Crippen LogP contribution is -2.71. The van der Waals surface area contributed by atoms with E-state index >= 15 is 0 Å². The Balaban J connectivity index is 1.29. The number of carbonyl (C=O) groups is 5. The van der Waals surface area contributed by atoms with Crippen LogP contribution in [0.1, 0.15) is 22.9 Å². The Bertz CT molecular complexity index is 2080. The predicted octanol–water partition coefficient (Wildman–Crippen LogP) is 3.75. The van der Waals surface area contributed by atoms with Crippen LogP contribution in [0, 0.1) is 0 Å². The second-order valence-corrected chi connectivity index (χ2v) is 13.4. The van der Waals surface area contributed by atoms with Gasteiger partial charge in [-0.05, 0) is 28.8 Å². The van der Waals surface area contributed by atoms with Gasteiger partial charge in [-0.15, -0.1) is 23.1 Å². The molecule has 2 atom stereocenters. The molecule has 4 amide bonds. The summed E-state index contributed by atoms with van der Waals surface area (Å²) in [7, 11) is 0. The Morgan fingerprint density at radius 3 is 2.39 bits per heavy atom. The molecular weight excluding hydrogens is 745 g/mol. The Labute approximate surface area is 314 Å². The van der Waals surface area contributed by atoms with Gasteiger partial charge in [-0.2, -0.15) is 13.3 Å². The molecule has 14 nitrogen and oxygen atoms in total. The maximum absolute atomic E-state index is 14.3. The van der Waals surface area contributed by atoms with Gasteiger partial charge in [-0.1, -0.05) is 71.9 Å². The van der Waals surface area contributed by atoms with Crippen LogP contribution in [0.25, 0.3) is 0 Å². The molecule has 54 heavy (non-hydrogen) atoms. The van der Waals surface area contributed by atoms with Gasteiger partial charge in [-0.25, -0.2) is 9.78 Å². The number of aromatic nitrogens is 2. The number of nitrogens with zero attached hydrogens (tertiary/aromatic N) is 4. The highest BCUT2D eigenvalue weighted by Gasteiger charge is 2.54. The van der Waals surface area contributed by atoms with Gasteiger partial charge in [0, 0.05) is 17.2 Å². The molecule has 276 valence electrons. The van der Waals surface area contributed by atoms with Crippen molar-refractivity contribution in [3.63, 3.8) is 0 Å². The third kappa shape index (κ3) is 8.67. The van der Waals surface area contributed by atoms with Gasteiger partial charge >= 0.3 is 12.6 Å². The zero-order chi connectivity index (χ0) is 38.0. The third-order valence-corrected chi connectivity index (χ3v) is 10.1. The van der Waals surface area contributed by atoms with Crippen molar-refractivity contribution in [1.82, 2.24) is 15.2 Å². The molecule has 0 unspecified atom stereocenters. The lowest BCUT2D eigenvalue weighted by atomic mass is 10.0. The fraction of sp³-hybridized carbons (Fsp3) is 0.167. The summed E-state index contributed by atoms with van der Waals surface area (Å²) < 4.78 is 33.9. The van der Waals surface area contributed by atoms with Gasteiger partial charge in [0.15, 0.2) is 35.9 Å². The fourth-order valence-electron chi connectivity index (χ4n) is 5.62. The molecule has 0 radical (unpaired) electrons. The van der Waals surface area contributed by atoms with Crippen LogP contribution in [0.3, 0.4) is 0 Å². The number of hydrogen-bond acceptors (Lipinski definition) is 11. The van der Waals surface area contributed by atoms with Crippen LogP contribution in [0.15, 0.2) is 119 Å². The monoisotopic (exact) mass is 774 g/mol. The number of thiazole rings is 1. The zero-order valence-corrected chi connectivity index (χ0v) is 29.5. The van der Waals surface area contributed by atoms with Crippen molar-refractivity contribution in [3.8, 4) is 0 Å². The fourth-order valence-corrected chi connectivity index (χ4v) is 7.59. The first-order chi connectivity index (χ1) is 26.3. The topological polar surface area (TPSA) is 172 Å². The molecule has 0 saturated carbocycles. The SMILES string of the molecule is O=CNc1ccc[n+](C/C=C/C2=C(C(=O)OC(c3ccccc3)c3ccccc3)N3C(=O)[C@@H](NC(=O)/C(=N\OC(F)F)c4csc(NC=O)n4)[C@@H]3SC2)c1. The summed E-state index contributed by atoms with van der Waals surface area (Å²) in [6.45, 7) is -3.01. The first-order valence-electron chi connectivity index (χ1n) is 16.1. The number of oxime groups is 1. The number of thioether (sulfide) groups is 1. The number of rotatable bonds is 16. The van der Waals surface area contributed by atoms with E-state index in [9.17, 15) is 32.8 Å². The van der Waals surface area contributed by atoms with Crippen LogP contribution in [0.2, 0.25) is 0 Å². The molecule has 2 aliphatic heterocycles. The van der Waals surface area contributed by atoms with Gasteiger partial charge in [-0.3, -0.25) is 24.1 Å². The van der Waals surface area contributed by atoms with Gasteiger partial charge in [0.2, 0.25) is 12.8 Å². The number of anilines is 2. The molecule has 4 heterocycles. The number of allylic oxidation sites excluding steroid dienone is 2. The van der Waals surface area contributed by atoms with Crippen LogP contribution in [0.5, 0.6) is 0 Å². The Morgan fingerprint density at radius 1 is 1.02 bits per heavy atom. The van der Waals surface area contributed by atoms with Gasteiger partial charge in [0.05, 0.1) is 0 Å². The van der Waals surface area contributed by atoms with E-state index in [1.165, 1.54) is 22.0 Å². The lowest BCUT2D eigenvalue weighted by Gasteiger charge is -2.49. The molecule has 2 aromatic carbocycles. The third-order valence-electron chi connectivity index (χ3n) is 7.99. The molecule has 18 heteroatoms. The van der Waals surface area contributed by atoms with Crippen LogP contribution in [-0.2, 0) is 40.1 Å².